The highest BCUT2D eigenvalue weighted by atomic mass is 16.7. The Kier molecular flexibility index (Phi) is 6.29. The molecule has 0 aromatic rings. The fourth-order valence-electron chi connectivity index (χ4n) is 3.61. The minimum absolute atomic E-state index is 0.0293. The van der Waals surface area contributed by atoms with Gasteiger partial charge in [0.05, 0.1) is 11.2 Å². The van der Waals surface area contributed by atoms with Crippen LogP contribution in [-0.4, -0.2) is 38.8 Å². The molecular weight excluding hydrogens is 320 g/mol. The van der Waals surface area contributed by atoms with Crippen LogP contribution in [0, 0.1) is 17.8 Å². The summed E-state index contributed by atoms with van der Waals surface area (Å²) in [5.74, 6) is 0.0926. The number of carbonyl (C=O) groups excluding carboxylic acids is 1. The van der Waals surface area contributed by atoms with Crippen molar-refractivity contribution in [3.05, 3.63) is 0 Å². The second-order valence-electron chi connectivity index (χ2n) is 10.3. The lowest BCUT2D eigenvalue weighted by Crippen LogP contribution is -2.49. The first-order chi connectivity index (χ1) is 10.9. The van der Waals surface area contributed by atoms with Crippen molar-refractivity contribution in [3.63, 3.8) is 0 Å². The molecule has 0 saturated heterocycles. The minimum Gasteiger partial charge on any atom is -0.429 e. The Hall–Kier alpha value is -0.810. The van der Waals surface area contributed by atoms with Gasteiger partial charge in [0.15, 0.2) is 0 Å². The molecule has 0 aromatic carbocycles. The van der Waals surface area contributed by atoms with Crippen molar-refractivity contribution in [1.29, 1.82) is 0 Å². The van der Waals surface area contributed by atoms with Crippen molar-refractivity contribution >= 4 is 6.16 Å². The number of rotatable bonds is 4. The van der Waals surface area contributed by atoms with Crippen molar-refractivity contribution in [3.8, 4) is 0 Å². The second-order valence-corrected chi connectivity index (χ2v) is 10.3. The molecule has 2 unspecified atom stereocenters. The largest absolute Gasteiger partial charge is 0.509 e. The summed E-state index contributed by atoms with van der Waals surface area (Å²) in [6.45, 7) is 16.4. The van der Waals surface area contributed by atoms with Gasteiger partial charge in [-0.25, -0.2) is 4.79 Å². The van der Waals surface area contributed by atoms with E-state index in [1.807, 2.05) is 41.5 Å². The lowest BCUT2D eigenvalue weighted by molar-refractivity contribution is -0.121. The number of hydrogen-bond donors (Lipinski definition) is 2. The van der Waals surface area contributed by atoms with Crippen LogP contribution in [0.25, 0.3) is 0 Å². The average Bonchev–Trinajstić information content (AvgIpc) is 2.32. The van der Waals surface area contributed by atoms with E-state index >= 15 is 0 Å². The molecule has 1 aliphatic rings. The zero-order valence-electron chi connectivity index (χ0n) is 17.5. The number of ether oxygens (including phenoxy) is 2. The van der Waals surface area contributed by atoms with Gasteiger partial charge in [-0.2, -0.15) is 0 Å². The zero-order chi connectivity index (χ0) is 19.8. The Labute approximate surface area is 153 Å². The van der Waals surface area contributed by atoms with E-state index in [9.17, 15) is 15.0 Å². The maximum atomic E-state index is 12.1. The molecule has 0 heterocycles. The lowest BCUT2D eigenvalue weighted by Gasteiger charge is -2.48. The molecule has 25 heavy (non-hydrogen) atoms. The SMILES string of the molecule is CC(C)(C)OC(=O)OC(C)(C)C1CC(C(C)(C)O)CC(C(C)(C)O)C1. The summed E-state index contributed by atoms with van der Waals surface area (Å²) >= 11 is 0. The molecule has 5 nitrogen and oxygen atoms in total. The maximum absolute atomic E-state index is 12.1. The summed E-state index contributed by atoms with van der Waals surface area (Å²) in [5.41, 5.74) is -3.03. The van der Waals surface area contributed by atoms with Crippen molar-refractivity contribution in [2.24, 2.45) is 17.8 Å². The molecule has 1 saturated carbocycles. The van der Waals surface area contributed by atoms with Crippen LogP contribution < -0.4 is 0 Å². The molecule has 0 radical (unpaired) electrons. The molecule has 148 valence electrons. The summed E-state index contributed by atoms with van der Waals surface area (Å²) in [5, 5.41) is 21.1. The second kappa shape index (κ2) is 7.07. The first-order valence-electron chi connectivity index (χ1n) is 9.28. The molecule has 1 rings (SSSR count). The number of aliphatic hydroxyl groups is 2. The van der Waals surface area contributed by atoms with E-state index in [0.717, 1.165) is 19.3 Å². The van der Waals surface area contributed by atoms with Crippen molar-refractivity contribution in [2.75, 3.05) is 0 Å². The predicted octanol–water partition coefficient (Wildman–Crippen LogP) is 4.29. The molecule has 2 atom stereocenters. The number of carbonyl (C=O) groups is 1. The van der Waals surface area contributed by atoms with Gasteiger partial charge in [0.1, 0.15) is 11.2 Å². The van der Waals surface area contributed by atoms with Crippen molar-refractivity contribution in [1.82, 2.24) is 0 Å². The minimum atomic E-state index is -0.843. The van der Waals surface area contributed by atoms with Gasteiger partial charge in [-0.3, -0.25) is 0 Å². The monoisotopic (exact) mass is 358 g/mol. The molecule has 5 heteroatoms. The normalized spacial score (nSPS) is 26.3. The summed E-state index contributed by atoms with van der Waals surface area (Å²) in [6, 6.07) is 0. The third-order valence-electron chi connectivity index (χ3n) is 5.42. The molecule has 0 spiro atoms. The van der Waals surface area contributed by atoms with Gasteiger partial charge in [0.2, 0.25) is 0 Å². The molecule has 0 aliphatic heterocycles. The van der Waals surface area contributed by atoms with Crippen LogP contribution in [0.3, 0.4) is 0 Å². The van der Waals surface area contributed by atoms with Gasteiger partial charge in [-0.1, -0.05) is 0 Å². The topological polar surface area (TPSA) is 76.0 Å². The average molecular weight is 359 g/mol. The van der Waals surface area contributed by atoms with Crippen molar-refractivity contribution < 1.29 is 24.5 Å². The third-order valence-corrected chi connectivity index (χ3v) is 5.42. The highest BCUT2D eigenvalue weighted by Gasteiger charge is 2.47. The summed E-state index contributed by atoms with van der Waals surface area (Å²) in [7, 11) is 0. The van der Waals surface area contributed by atoms with Gasteiger partial charge in [0.25, 0.3) is 0 Å². The molecule has 0 aromatic heterocycles. The third kappa shape index (κ3) is 6.78. The quantitative estimate of drug-likeness (QED) is 0.733. The Balaban J connectivity index is 2.96. The molecule has 2 N–H and O–H groups in total. The Morgan fingerprint density at radius 3 is 1.40 bits per heavy atom. The highest BCUT2D eigenvalue weighted by Crippen LogP contribution is 2.47. The van der Waals surface area contributed by atoms with Crippen LogP contribution in [0.15, 0.2) is 0 Å². The molecule has 1 fully saturated rings. The van der Waals surface area contributed by atoms with E-state index in [1.54, 1.807) is 20.8 Å². The Morgan fingerprint density at radius 2 is 1.08 bits per heavy atom. The van der Waals surface area contributed by atoms with E-state index in [2.05, 4.69) is 0 Å². The molecular formula is C20H38O5. The Morgan fingerprint density at radius 1 is 0.720 bits per heavy atom. The predicted molar refractivity (Wildman–Crippen MR) is 98.3 cm³/mol. The first kappa shape index (κ1) is 22.2. The zero-order valence-corrected chi connectivity index (χ0v) is 17.5. The van der Waals surface area contributed by atoms with Gasteiger partial charge in [-0.15, -0.1) is 0 Å². The van der Waals surface area contributed by atoms with Gasteiger partial charge in [0, 0.05) is 0 Å². The molecule has 0 amide bonds. The van der Waals surface area contributed by atoms with Crippen LogP contribution >= 0.6 is 0 Å². The van der Waals surface area contributed by atoms with Crippen LogP contribution in [0.1, 0.15) is 81.6 Å². The van der Waals surface area contributed by atoms with Gasteiger partial charge < -0.3 is 19.7 Å². The van der Waals surface area contributed by atoms with Gasteiger partial charge >= 0.3 is 6.16 Å². The fraction of sp³-hybridized carbons (Fsp3) is 0.950. The van der Waals surface area contributed by atoms with E-state index in [1.165, 1.54) is 0 Å². The molecule has 1 aliphatic carbocycles. The van der Waals surface area contributed by atoms with E-state index in [-0.39, 0.29) is 17.8 Å². The van der Waals surface area contributed by atoms with Crippen LogP contribution in [0.2, 0.25) is 0 Å². The molecule has 0 bridgehead atoms. The van der Waals surface area contributed by atoms with E-state index in [4.69, 9.17) is 9.47 Å². The number of hydrogen-bond acceptors (Lipinski definition) is 5. The smallest absolute Gasteiger partial charge is 0.429 e. The van der Waals surface area contributed by atoms with E-state index < -0.39 is 28.6 Å². The summed E-state index contributed by atoms with van der Waals surface area (Å²) in [4.78, 5) is 12.1. The van der Waals surface area contributed by atoms with Crippen molar-refractivity contribution in [2.45, 2.75) is 104 Å². The van der Waals surface area contributed by atoms with Gasteiger partial charge in [-0.05, 0) is 99.3 Å². The summed E-state index contributed by atoms with van der Waals surface area (Å²) in [6.07, 6.45) is 1.56. The summed E-state index contributed by atoms with van der Waals surface area (Å²) < 4.78 is 10.9. The van der Waals surface area contributed by atoms with Crippen LogP contribution in [-0.2, 0) is 9.47 Å². The first-order valence-corrected chi connectivity index (χ1v) is 9.28. The van der Waals surface area contributed by atoms with Crippen LogP contribution in [0.5, 0.6) is 0 Å². The Bertz CT molecular complexity index is 440. The fourth-order valence-corrected chi connectivity index (χ4v) is 3.61. The standard InChI is InChI=1S/C20H38O5/c1-17(2,3)24-16(21)25-20(8,9)15-11-13(18(4,5)22)10-14(12-15)19(6,7)23/h13-15,22-23H,10-12H2,1-9H3. The van der Waals surface area contributed by atoms with E-state index in [0.29, 0.717) is 0 Å². The maximum Gasteiger partial charge on any atom is 0.509 e. The highest BCUT2D eigenvalue weighted by molar-refractivity contribution is 5.61. The van der Waals surface area contributed by atoms with Crippen LogP contribution in [0.4, 0.5) is 4.79 Å². The lowest BCUT2D eigenvalue weighted by atomic mass is 9.62.